The van der Waals surface area contributed by atoms with Crippen LogP contribution in [0.25, 0.3) is 0 Å². The number of fused-ring (bicyclic) bond motifs is 5. The lowest BCUT2D eigenvalue weighted by molar-refractivity contribution is -0.139. The molecule has 2 aliphatic rings. The van der Waals surface area contributed by atoms with E-state index >= 15 is 0 Å². The van der Waals surface area contributed by atoms with Crippen molar-refractivity contribution in [3.8, 4) is 5.75 Å². The lowest BCUT2D eigenvalue weighted by Crippen LogP contribution is -2.24. The number of aryl methyl sites for hydroxylation is 1. The second-order valence-corrected chi connectivity index (χ2v) is 8.76. The Morgan fingerprint density at radius 3 is 1.91 bits per heavy atom. The molecule has 0 unspecified atom stereocenters. The monoisotopic (exact) mass is 469 g/mol. The van der Waals surface area contributed by atoms with Crippen LogP contribution in [-0.2, 0) is 25.5 Å². The molecule has 2 aliphatic heterocycles. The third-order valence-corrected chi connectivity index (χ3v) is 6.91. The highest BCUT2D eigenvalue weighted by Crippen LogP contribution is 2.58. The van der Waals surface area contributed by atoms with E-state index in [4.69, 9.17) is 14.2 Å². The number of para-hydroxylation sites is 1. The molecule has 0 spiro atoms. The number of carbonyl (C=O) groups is 2. The number of carbonyl (C=O) groups excluding carboxylic acids is 2. The Morgan fingerprint density at radius 2 is 1.37 bits per heavy atom. The molecule has 2 heterocycles. The number of methoxy groups -OCH3 is 3. The topological polar surface area (TPSA) is 65.1 Å². The van der Waals surface area contributed by atoms with Crippen LogP contribution in [0.4, 0.5) is 5.69 Å². The first-order chi connectivity index (χ1) is 17.0. The SMILES string of the molecule is COC(=O)C1=C(C(=O)OC)[C@H]2c3ccccc3[C@@H]1N2c1ccccc1Cc1ccc(OC)c(C)c1. The molecule has 35 heavy (non-hydrogen) atoms. The Kier molecular flexibility index (Phi) is 5.81. The Balaban J connectivity index is 1.63. The average molecular weight is 470 g/mol. The summed E-state index contributed by atoms with van der Waals surface area (Å²) in [6.45, 7) is 2.03. The largest absolute Gasteiger partial charge is 0.496 e. The molecule has 0 fully saturated rings. The van der Waals surface area contributed by atoms with E-state index in [1.165, 1.54) is 14.2 Å². The van der Waals surface area contributed by atoms with E-state index in [0.29, 0.717) is 17.6 Å². The number of hydrogen-bond acceptors (Lipinski definition) is 6. The minimum Gasteiger partial charge on any atom is -0.496 e. The quantitative estimate of drug-likeness (QED) is 0.481. The van der Waals surface area contributed by atoms with Crippen LogP contribution in [0.2, 0.25) is 0 Å². The molecule has 3 aromatic rings. The summed E-state index contributed by atoms with van der Waals surface area (Å²) in [6.07, 6.45) is 0.689. The Labute approximate surface area is 204 Å². The van der Waals surface area contributed by atoms with Crippen molar-refractivity contribution in [2.45, 2.75) is 25.4 Å². The molecule has 0 aromatic heterocycles. The van der Waals surface area contributed by atoms with Crippen molar-refractivity contribution < 1.29 is 23.8 Å². The van der Waals surface area contributed by atoms with Gasteiger partial charge in [-0.05, 0) is 53.3 Å². The van der Waals surface area contributed by atoms with Gasteiger partial charge in [0, 0.05) is 5.69 Å². The summed E-state index contributed by atoms with van der Waals surface area (Å²) in [4.78, 5) is 28.1. The van der Waals surface area contributed by atoms with E-state index in [1.54, 1.807) is 7.11 Å². The zero-order valence-electron chi connectivity index (χ0n) is 20.2. The van der Waals surface area contributed by atoms with E-state index in [1.807, 2.05) is 55.5 Å². The smallest absolute Gasteiger partial charge is 0.336 e. The van der Waals surface area contributed by atoms with Gasteiger partial charge in [0.2, 0.25) is 0 Å². The summed E-state index contributed by atoms with van der Waals surface area (Å²) in [5.74, 6) is -0.175. The van der Waals surface area contributed by atoms with Crippen molar-refractivity contribution in [1.29, 1.82) is 0 Å². The lowest BCUT2D eigenvalue weighted by atomic mass is 9.86. The number of nitrogens with zero attached hydrogens (tertiary/aromatic N) is 1. The summed E-state index contributed by atoms with van der Waals surface area (Å²) in [5, 5.41) is 0. The maximum Gasteiger partial charge on any atom is 0.336 e. The number of benzene rings is 3. The summed E-state index contributed by atoms with van der Waals surface area (Å²) in [5.41, 5.74) is 6.97. The van der Waals surface area contributed by atoms with Crippen LogP contribution in [0.5, 0.6) is 5.75 Å². The van der Waals surface area contributed by atoms with Gasteiger partial charge < -0.3 is 19.1 Å². The van der Waals surface area contributed by atoms with E-state index < -0.39 is 24.0 Å². The Bertz CT molecular complexity index is 1310. The molecule has 0 aliphatic carbocycles. The molecule has 0 N–H and O–H groups in total. The molecule has 2 bridgehead atoms. The number of rotatable bonds is 6. The molecular formula is C29H27NO5. The van der Waals surface area contributed by atoms with Crippen LogP contribution in [0, 0.1) is 6.92 Å². The molecule has 5 rings (SSSR count). The van der Waals surface area contributed by atoms with Crippen LogP contribution in [0.3, 0.4) is 0 Å². The first-order valence-corrected chi connectivity index (χ1v) is 11.5. The fourth-order valence-electron chi connectivity index (χ4n) is 5.47. The normalized spacial score (nSPS) is 17.9. The van der Waals surface area contributed by atoms with Crippen molar-refractivity contribution >= 4 is 17.6 Å². The van der Waals surface area contributed by atoms with Crippen molar-refractivity contribution in [2.24, 2.45) is 0 Å². The van der Waals surface area contributed by atoms with E-state index in [9.17, 15) is 9.59 Å². The van der Waals surface area contributed by atoms with E-state index in [0.717, 1.165) is 39.3 Å². The third-order valence-electron chi connectivity index (χ3n) is 6.91. The maximum absolute atomic E-state index is 13.0. The molecule has 0 saturated carbocycles. The van der Waals surface area contributed by atoms with Gasteiger partial charge in [-0.2, -0.15) is 0 Å². The number of hydrogen-bond donors (Lipinski definition) is 0. The third kappa shape index (κ3) is 3.57. The predicted molar refractivity (Wildman–Crippen MR) is 132 cm³/mol. The van der Waals surface area contributed by atoms with Crippen LogP contribution < -0.4 is 9.64 Å². The van der Waals surface area contributed by atoms with E-state index in [-0.39, 0.29) is 0 Å². The van der Waals surface area contributed by atoms with Crippen LogP contribution in [0.1, 0.15) is 39.9 Å². The highest BCUT2D eigenvalue weighted by molar-refractivity contribution is 6.06. The first-order valence-electron chi connectivity index (χ1n) is 11.5. The van der Waals surface area contributed by atoms with Gasteiger partial charge in [0.05, 0.1) is 44.6 Å². The summed E-state index contributed by atoms with van der Waals surface area (Å²) >= 11 is 0. The molecule has 6 heteroatoms. The van der Waals surface area contributed by atoms with E-state index in [2.05, 4.69) is 23.1 Å². The highest BCUT2D eigenvalue weighted by atomic mass is 16.5. The van der Waals surface area contributed by atoms with Crippen LogP contribution in [0.15, 0.2) is 77.9 Å². The molecule has 2 atom stereocenters. The molecule has 0 radical (unpaired) electrons. The van der Waals surface area contributed by atoms with Gasteiger partial charge in [0.15, 0.2) is 0 Å². The fraction of sp³-hybridized carbons (Fsp3) is 0.241. The van der Waals surface area contributed by atoms with Crippen LogP contribution >= 0.6 is 0 Å². The van der Waals surface area contributed by atoms with Crippen molar-refractivity contribution in [2.75, 3.05) is 26.2 Å². The molecule has 3 aromatic carbocycles. The fourth-order valence-corrected chi connectivity index (χ4v) is 5.47. The highest BCUT2D eigenvalue weighted by Gasteiger charge is 2.54. The summed E-state index contributed by atoms with van der Waals surface area (Å²) in [7, 11) is 4.35. The van der Waals surface area contributed by atoms with Gasteiger partial charge in [-0.1, -0.05) is 54.6 Å². The average Bonchev–Trinajstić information content (AvgIpc) is 3.40. The molecular weight excluding hydrogens is 442 g/mol. The molecule has 0 amide bonds. The van der Waals surface area contributed by atoms with Gasteiger partial charge in [-0.3, -0.25) is 0 Å². The standard InChI is InChI=1S/C29H27NO5/c1-17-15-18(13-14-23(17)33-2)16-19-9-5-8-12-22(19)30-26-20-10-6-7-11-21(20)27(30)25(29(32)35-4)24(26)28(31)34-3/h5-15,26-27H,16H2,1-4H3/t26-,27+. The Hall–Kier alpha value is -4.06. The lowest BCUT2D eigenvalue weighted by Gasteiger charge is -2.29. The van der Waals surface area contributed by atoms with Gasteiger partial charge >= 0.3 is 11.9 Å². The zero-order chi connectivity index (χ0) is 24.7. The minimum atomic E-state index is -0.513. The molecule has 0 saturated heterocycles. The molecule has 178 valence electrons. The number of anilines is 1. The summed E-state index contributed by atoms with van der Waals surface area (Å²) < 4.78 is 15.7. The van der Waals surface area contributed by atoms with Gasteiger partial charge in [0.25, 0.3) is 0 Å². The van der Waals surface area contributed by atoms with Crippen LogP contribution in [-0.4, -0.2) is 33.3 Å². The zero-order valence-corrected chi connectivity index (χ0v) is 20.2. The van der Waals surface area contributed by atoms with Crippen molar-refractivity contribution in [3.63, 3.8) is 0 Å². The van der Waals surface area contributed by atoms with Gasteiger partial charge in [-0.25, -0.2) is 9.59 Å². The number of ether oxygens (including phenoxy) is 3. The van der Waals surface area contributed by atoms with Gasteiger partial charge in [-0.15, -0.1) is 0 Å². The minimum absolute atomic E-state index is 0.346. The van der Waals surface area contributed by atoms with Crippen molar-refractivity contribution in [1.82, 2.24) is 0 Å². The van der Waals surface area contributed by atoms with Gasteiger partial charge in [0.1, 0.15) is 5.75 Å². The second-order valence-electron chi connectivity index (χ2n) is 8.76. The second kappa shape index (κ2) is 8.95. The Morgan fingerprint density at radius 1 is 0.800 bits per heavy atom. The first kappa shape index (κ1) is 22.7. The number of esters is 2. The predicted octanol–water partition coefficient (Wildman–Crippen LogP) is 4.85. The summed E-state index contributed by atoms with van der Waals surface area (Å²) in [6, 6.07) is 21.4. The molecule has 6 nitrogen and oxygen atoms in total. The van der Waals surface area contributed by atoms with Crippen molar-refractivity contribution in [3.05, 3.63) is 106 Å². The maximum atomic E-state index is 13.0.